The Balaban J connectivity index is 0.00000220. The van der Waals surface area contributed by atoms with Crippen LogP contribution in [-0.2, 0) is 11.3 Å². The van der Waals surface area contributed by atoms with Crippen LogP contribution in [0.2, 0.25) is 0 Å². The number of phenolic OH excluding ortho intramolecular Hbond substituents is 2. The van der Waals surface area contributed by atoms with Crippen LogP contribution in [0, 0.1) is 0 Å². The van der Waals surface area contributed by atoms with Crippen molar-refractivity contribution < 1.29 is 41.7 Å². The molecule has 0 unspecified atom stereocenters. The lowest BCUT2D eigenvalue weighted by atomic mass is 10.1. The highest BCUT2D eigenvalue weighted by Crippen LogP contribution is 2.25. The van der Waals surface area contributed by atoms with Gasteiger partial charge in [-0.05, 0) is 23.3 Å². The van der Waals surface area contributed by atoms with Gasteiger partial charge in [-0.25, -0.2) is 4.79 Å². The lowest BCUT2D eigenvalue weighted by Crippen LogP contribution is -3.00. The number of halogens is 1. The van der Waals surface area contributed by atoms with Gasteiger partial charge in [0.05, 0.1) is 0 Å². The number of aromatic hydroxyl groups is 2. The summed E-state index contributed by atoms with van der Waals surface area (Å²) in [6, 6.07) is 8.14. The largest absolute Gasteiger partial charge is 1.00 e. The third-order valence-electron chi connectivity index (χ3n) is 2.70. The summed E-state index contributed by atoms with van der Waals surface area (Å²) >= 11 is 0. The fraction of sp³-hybridized carbons (Fsp3) is 0.0667. The first-order chi connectivity index (χ1) is 9.54. The summed E-state index contributed by atoms with van der Waals surface area (Å²) in [5, 5.41) is 27.2. The SMILES string of the molecule is O=C(O)C[n+]1ccc(/C=C/c2ccc(O)c(O)c2)cc1.[Br-]. The van der Waals surface area contributed by atoms with E-state index in [0.717, 1.165) is 11.1 Å². The second-order valence-electron chi connectivity index (χ2n) is 4.28. The Morgan fingerprint density at radius 3 is 2.19 bits per heavy atom. The molecule has 6 heteroatoms. The molecule has 0 bridgehead atoms. The molecule has 0 aliphatic carbocycles. The lowest BCUT2D eigenvalue weighted by molar-refractivity contribution is -0.685. The first-order valence-electron chi connectivity index (χ1n) is 5.95. The van der Waals surface area contributed by atoms with Gasteiger partial charge in [-0.3, -0.25) is 0 Å². The van der Waals surface area contributed by atoms with Crippen LogP contribution < -0.4 is 21.5 Å². The first kappa shape index (κ1) is 16.7. The fourth-order valence-electron chi connectivity index (χ4n) is 1.68. The van der Waals surface area contributed by atoms with Crippen molar-refractivity contribution in [3.05, 3.63) is 53.9 Å². The number of pyridine rings is 1. The number of phenols is 2. The number of aromatic nitrogens is 1. The van der Waals surface area contributed by atoms with Crippen molar-refractivity contribution in [3.8, 4) is 11.5 Å². The molecule has 5 nitrogen and oxygen atoms in total. The Hall–Kier alpha value is -2.34. The molecule has 2 aromatic rings. The Morgan fingerprint density at radius 2 is 1.62 bits per heavy atom. The first-order valence-corrected chi connectivity index (χ1v) is 5.95. The molecule has 0 radical (unpaired) electrons. The van der Waals surface area contributed by atoms with Gasteiger partial charge in [-0.2, -0.15) is 4.57 Å². The number of aliphatic carboxylic acids is 1. The van der Waals surface area contributed by atoms with Crippen LogP contribution in [0.1, 0.15) is 11.1 Å². The molecule has 1 aromatic heterocycles. The number of carboxylic acid groups (broad SMARTS) is 1. The average molecular weight is 352 g/mol. The van der Waals surface area contributed by atoms with Crippen molar-refractivity contribution in [2.75, 3.05) is 0 Å². The number of rotatable bonds is 4. The van der Waals surface area contributed by atoms with E-state index in [0.29, 0.717) is 0 Å². The van der Waals surface area contributed by atoms with Crippen LogP contribution in [0.15, 0.2) is 42.7 Å². The van der Waals surface area contributed by atoms with Gasteiger partial charge >= 0.3 is 5.97 Å². The number of benzene rings is 1. The van der Waals surface area contributed by atoms with Crippen molar-refractivity contribution in [2.24, 2.45) is 0 Å². The van der Waals surface area contributed by atoms with Gasteiger partial charge < -0.3 is 32.3 Å². The Bertz CT molecular complexity index is 653. The van der Waals surface area contributed by atoms with E-state index in [2.05, 4.69) is 0 Å². The minimum atomic E-state index is -0.891. The van der Waals surface area contributed by atoms with E-state index in [1.54, 1.807) is 41.2 Å². The summed E-state index contributed by atoms with van der Waals surface area (Å²) in [4.78, 5) is 10.5. The third kappa shape index (κ3) is 4.92. The highest BCUT2D eigenvalue weighted by atomic mass is 79.9. The van der Waals surface area contributed by atoms with Crippen LogP contribution in [-0.4, -0.2) is 21.3 Å². The van der Waals surface area contributed by atoms with Crippen molar-refractivity contribution in [3.63, 3.8) is 0 Å². The van der Waals surface area contributed by atoms with Gasteiger partial charge in [0.25, 0.3) is 0 Å². The summed E-state index contributed by atoms with van der Waals surface area (Å²) in [5.74, 6) is -1.21. The van der Waals surface area contributed by atoms with E-state index in [9.17, 15) is 15.0 Å². The van der Waals surface area contributed by atoms with E-state index < -0.39 is 5.97 Å². The van der Waals surface area contributed by atoms with Crippen molar-refractivity contribution in [2.45, 2.75) is 6.54 Å². The van der Waals surface area contributed by atoms with Crippen LogP contribution >= 0.6 is 0 Å². The third-order valence-corrected chi connectivity index (χ3v) is 2.70. The smallest absolute Gasteiger partial charge is 0.370 e. The summed E-state index contributed by atoms with van der Waals surface area (Å²) in [5.41, 5.74) is 1.65. The molecular formula is C15H14BrNO4. The zero-order valence-corrected chi connectivity index (χ0v) is 12.6. The zero-order valence-electron chi connectivity index (χ0n) is 11.0. The number of nitrogens with zero attached hydrogens (tertiary/aromatic N) is 1. The summed E-state index contributed by atoms with van der Waals surface area (Å²) in [6.45, 7) is -0.0736. The van der Waals surface area contributed by atoms with E-state index >= 15 is 0 Å². The monoisotopic (exact) mass is 351 g/mol. The molecule has 1 heterocycles. The molecule has 0 saturated carbocycles. The molecule has 0 aliphatic heterocycles. The molecule has 0 amide bonds. The lowest BCUT2D eigenvalue weighted by Gasteiger charge is -1.98. The zero-order chi connectivity index (χ0) is 14.5. The maximum absolute atomic E-state index is 10.5. The van der Waals surface area contributed by atoms with Gasteiger partial charge in [-0.15, -0.1) is 0 Å². The molecule has 2 rings (SSSR count). The summed E-state index contributed by atoms with van der Waals surface area (Å²) in [7, 11) is 0. The van der Waals surface area contributed by atoms with Gasteiger partial charge in [0.1, 0.15) is 0 Å². The molecule has 0 spiro atoms. The van der Waals surface area contributed by atoms with Crippen LogP contribution in [0.25, 0.3) is 12.2 Å². The molecule has 0 aliphatic rings. The Kier molecular flexibility index (Phi) is 5.92. The molecule has 110 valence electrons. The van der Waals surface area contributed by atoms with Gasteiger partial charge in [-0.1, -0.05) is 18.2 Å². The van der Waals surface area contributed by atoms with Crippen molar-refractivity contribution in [1.82, 2.24) is 0 Å². The fourth-order valence-corrected chi connectivity index (χ4v) is 1.68. The number of carbonyl (C=O) groups is 1. The Morgan fingerprint density at radius 1 is 1.00 bits per heavy atom. The van der Waals surface area contributed by atoms with E-state index in [4.69, 9.17) is 5.11 Å². The van der Waals surface area contributed by atoms with E-state index in [1.807, 2.05) is 6.08 Å². The standard InChI is InChI=1S/C15H13NO4.BrH/c17-13-4-3-12(9-14(13)18)2-1-11-5-7-16(8-6-11)10-15(19)20;/h1-9H,10H2,(H2,18,19,20);1H. The topological polar surface area (TPSA) is 81.6 Å². The average Bonchev–Trinajstić information content (AvgIpc) is 2.41. The van der Waals surface area contributed by atoms with Crippen LogP contribution in [0.5, 0.6) is 11.5 Å². The molecule has 21 heavy (non-hydrogen) atoms. The molecule has 0 atom stereocenters. The maximum Gasteiger partial charge on any atom is 0.370 e. The number of carboxylic acids is 1. The Labute approximate surface area is 132 Å². The predicted molar refractivity (Wildman–Crippen MR) is 73.0 cm³/mol. The van der Waals surface area contributed by atoms with Gasteiger partial charge in [0, 0.05) is 12.1 Å². The van der Waals surface area contributed by atoms with Crippen molar-refractivity contribution in [1.29, 1.82) is 0 Å². The molecule has 3 N–H and O–H groups in total. The van der Waals surface area contributed by atoms with Crippen LogP contribution in [0.4, 0.5) is 0 Å². The minimum Gasteiger partial charge on any atom is -1.00 e. The number of hydrogen-bond acceptors (Lipinski definition) is 3. The highest BCUT2D eigenvalue weighted by molar-refractivity contribution is 5.70. The van der Waals surface area contributed by atoms with Gasteiger partial charge in [0.2, 0.25) is 6.54 Å². The van der Waals surface area contributed by atoms with Crippen LogP contribution in [0.3, 0.4) is 0 Å². The van der Waals surface area contributed by atoms with Crippen molar-refractivity contribution >= 4 is 18.1 Å². The predicted octanol–water partition coefficient (Wildman–Crippen LogP) is -1.36. The second-order valence-corrected chi connectivity index (χ2v) is 4.28. The maximum atomic E-state index is 10.5. The molecule has 0 fully saturated rings. The summed E-state index contributed by atoms with van der Waals surface area (Å²) in [6.07, 6.45) is 6.98. The molecule has 0 saturated heterocycles. The van der Waals surface area contributed by atoms with Gasteiger partial charge in [0.15, 0.2) is 23.9 Å². The normalized spacial score (nSPS) is 10.3. The van der Waals surface area contributed by atoms with E-state index in [1.165, 1.54) is 12.1 Å². The summed E-state index contributed by atoms with van der Waals surface area (Å²) < 4.78 is 1.56. The van der Waals surface area contributed by atoms with E-state index in [-0.39, 0.29) is 35.0 Å². The second kappa shape index (κ2) is 7.44. The highest BCUT2D eigenvalue weighted by Gasteiger charge is 2.05. The molecule has 1 aromatic carbocycles. The minimum absolute atomic E-state index is 0. The molecular weight excluding hydrogens is 338 g/mol. The number of hydrogen-bond donors (Lipinski definition) is 3. The quantitative estimate of drug-likeness (QED) is 0.469.